The summed E-state index contributed by atoms with van der Waals surface area (Å²) in [4.78, 5) is 6.14. The van der Waals surface area contributed by atoms with Gasteiger partial charge in [-0.25, -0.2) is 9.97 Å². The van der Waals surface area contributed by atoms with E-state index in [0.29, 0.717) is 0 Å². The third-order valence-electron chi connectivity index (χ3n) is 9.51. The molecule has 0 aliphatic rings. The quantitative estimate of drug-likeness (QED) is 0.286. The van der Waals surface area contributed by atoms with Gasteiger partial charge in [0.1, 0.15) is 0 Å². The molecule has 6 aromatic carbocycles. The summed E-state index contributed by atoms with van der Waals surface area (Å²) in [6.07, 6.45) is 7.82. The Balaban J connectivity index is 0.000000191. The number of fused-ring (bicyclic) bond motifs is 6. The minimum Gasteiger partial charge on any atom is -1.00 e. The maximum atomic E-state index is 7.00. The van der Waals surface area contributed by atoms with Crippen LogP contribution in [0.5, 0.6) is 0 Å². The van der Waals surface area contributed by atoms with Gasteiger partial charge in [-0.05, 0) is 70.8 Å². The standard InChI is InChI=1S/2C23H16N2.2CH4O.2ClH/c2*1-3-7-22-20(5-1)21-6-2-4-8-23(21)25(22)19-11-9-17(10-12-19)18-13-15-24-16-14-18;2*1-2;;/h2*1-16H;2*2H,1H3;2*1H. The van der Waals surface area contributed by atoms with Gasteiger partial charge >= 0.3 is 0 Å². The van der Waals surface area contributed by atoms with E-state index >= 15 is 0 Å². The molecular formula is C48H42Cl2N4O2. The first kappa shape index (κ1) is 40.9. The number of H-pyrrole nitrogens is 2. The Hall–Kier alpha value is -6.28. The van der Waals surface area contributed by atoms with Crippen molar-refractivity contribution >= 4 is 43.6 Å². The van der Waals surface area contributed by atoms with Crippen LogP contribution in [0.15, 0.2) is 195 Å². The van der Waals surface area contributed by atoms with Gasteiger partial charge in [0, 0.05) is 71.4 Å². The van der Waals surface area contributed by atoms with E-state index in [0.717, 1.165) is 14.2 Å². The normalized spacial score (nSPS) is 10.2. The van der Waals surface area contributed by atoms with Gasteiger partial charge in [0.05, 0.1) is 22.1 Å². The van der Waals surface area contributed by atoms with E-state index in [1.165, 1.54) is 77.2 Å². The number of nitrogens with zero attached hydrogens (tertiary/aromatic N) is 2. The Kier molecular flexibility index (Phi) is 14.1. The fraction of sp³-hybridized carbons (Fsp3) is 0.0417. The first-order chi connectivity index (χ1) is 26.8. The lowest BCUT2D eigenvalue weighted by molar-refractivity contribution is -0.378. The van der Waals surface area contributed by atoms with Gasteiger partial charge < -0.3 is 44.2 Å². The summed E-state index contributed by atoms with van der Waals surface area (Å²) in [6, 6.07) is 60.3. The molecule has 0 fully saturated rings. The smallest absolute Gasteiger partial charge is 0.167 e. The first-order valence-corrected chi connectivity index (χ1v) is 17.8. The number of aliphatic hydroxyl groups is 2. The summed E-state index contributed by atoms with van der Waals surface area (Å²) < 4.78 is 4.68. The molecule has 8 heteroatoms. The van der Waals surface area contributed by atoms with Crippen molar-refractivity contribution in [1.82, 2.24) is 9.13 Å². The molecule has 56 heavy (non-hydrogen) atoms. The zero-order chi connectivity index (χ0) is 37.3. The third kappa shape index (κ3) is 8.05. The van der Waals surface area contributed by atoms with Gasteiger partial charge in [0.15, 0.2) is 24.8 Å². The number of aromatic nitrogens is 4. The number of pyridine rings is 2. The molecule has 0 amide bonds. The highest BCUT2D eigenvalue weighted by atomic mass is 35.5. The van der Waals surface area contributed by atoms with Crippen LogP contribution in [0.2, 0.25) is 0 Å². The van der Waals surface area contributed by atoms with Crippen LogP contribution < -0.4 is 34.8 Å². The predicted molar refractivity (Wildman–Crippen MR) is 222 cm³/mol. The number of rotatable bonds is 4. The van der Waals surface area contributed by atoms with Gasteiger partial charge in [-0.3, -0.25) is 0 Å². The van der Waals surface area contributed by atoms with Crippen LogP contribution in [0.1, 0.15) is 0 Å². The van der Waals surface area contributed by atoms with E-state index in [-0.39, 0.29) is 24.8 Å². The summed E-state index contributed by atoms with van der Waals surface area (Å²) in [5, 5.41) is 19.2. The van der Waals surface area contributed by atoms with Crippen molar-refractivity contribution in [2.24, 2.45) is 0 Å². The number of nitrogens with one attached hydrogen (secondary N) is 2. The van der Waals surface area contributed by atoms with Crippen LogP contribution in [-0.4, -0.2) is 33.6 Å². The van der Waals surface area contributed by atoms with Gasteiger partial charge in [0.2, 0.25) is 0 Å². The lowest BCUT2D eigenvalue weighted by atomic mass is 10.1. The van der Waals surface area contributed by atoms with E-state index in [1.807, 2.05) is 24.8 Å². The van der Waals surface area contributed by atoms with Crippen LogP contribution in [0.4, 0.5) is 0 Å². The van der Waals surface area contributed by atoms with Gasteiger partial charge in [0.25, 0.3) is 0 Å². The Bertz CT molecular complexity index is 2450. The molecule has 6 nitrogen and oxygen atoms in total. The predicted octanol–water partition coefficient (Wildman–Crippen LogP) is 3.75. The Labute approximate surface area is 338 Å². The molecule has 0 aliphatic carbocycles. The molecule has 0 spiro atoms. The van der Waals surface area contributed by atoms with Crippen LogP contribution >= 0.6 is 0 Å². The molecule has 0 saturated carbocycles. The van der Waals surface area contributed by atoms with Crippen molar-refractivity contribution in [1.29, 1.82) is 0 Å². The number of aromatic amines is 2. The van der Waals surface area contributed by atoms with Gasteiger partial charge in [-0.1, -0.05) is 97.1 Å². The minimum atomic E-state index is 0. The van der Waals surface area contributed by atoms with Gasteiger partial charge in [-0.15, -0.1) is 0 Å². The third-order valence-corrected chi connectivity index (χ3v) is 9.51. The van der Waals surface area contributed by atoms with Crippen molar-refractivity contribution in [3.8, 4) is 33.6 Å². The Morgan fingerprint density at radius 1 is 0.304 bits per heavy atom. The summed E-state index contributed by atoms with van der Waals surface area (Å²) in [5.74, 6) is 0. The molecule has 0 bridgehead atoms. The molecule has 10 rings (SSSR count). The molecule has 0 unspecified atom stereocenters. The molecule has 10 aromatic rings. The molecule has 4 N–H and O–H groups in total. The highest BCUT2D eigenvalue weighted by Gasteiger charge is 2.13. The molecule has 0 radical (unpaired) electrons. The second-order valence-electron chi connectivity index (χ2n) is 12.4. The molecule has 0 aliphatic heterocycles. The van der Waals surface area contributed by atoms with Crippen molar-refractivity contribution in [2.45, 2.75) is 0 Å². The first-order valence-electron chi connectivity index (χ1n) is 17.8. The Morgan fingerprint density at radius 2 is 0.536 bits per heavy atom. The molecule has 0 saturated heterocycles. The number of hydrogen-bond donors (Lipinski definition) is 2. The zero-order valence-electron chi connectivity index (χ0n) is 31.0. The maximum absolute atomic E-state index is 7.00. The topological polar surface area (TPSA) is 78.6 Å². The SMILES string of the molecule is CO.CO.[Cl-].[Cl-].c1ccc2c(c1)c1ccccc1n2-c1ccc(-c2cc[nH+]cc2)cc1.c1ccc2c(c1)c1ccccc1n2-c1ccc(-c2cc[nH+]cc2)cc1. The van der Waals surface area contributed by atoms with Crippen LogP contribution in [0.25, 0.3) is 77.2 Å². The molecular weight excluding hydrogens is 735 g/mol. The van der Waals surface area contributed by atoms with Crippen molar-refractivity contribution in [3.63, 3.8) is 0 Å². The highest BCUT2D eigenvalue weighted by molar-refractivity contribution is 6.10. The maximum Gasteiger partial charge on any atom is 0.167 e. The largest absolute Gasteiger partial charge is 1.00 e. The zero-order valence-corrected chi connectivity index (χ0v) is 32.5. The monoisotopic (exact) mass is 776 g/mol. The van der Waals surface area contributed by atoms with Crippen molar-refractivity contribution in [3.05, 3.63) is 195 Å². The Morgan fingerprint density at radius 3 is 0.804 bits per heavy atom. The lowest BCUT2D eigenvalue weighted by Crippen LogP contribution is -3.00. The van der Waals surface area contributed by atoms with E-state index in [2.05, 4.69) is 189 Å². The van der Waals surface area contributed by atoms with Crippen LogP contribution in [-0.2, 0) is 0 Å². The van der Waals surface area contributed by atoms with Gasteiger partial charge in [-0.2, -0.15) is 0 Å². The summed E-state index contributed by atoms with van der Waals surface area (Å²) in [7, 11) is 2.00. The number of benzene rings is 6. The number of para-hydroxylation sites is 4. The number of aliphatic hydroxyl groups excluding tert-OH is 2. The van der Waals surface area contributed by atoms with Crippen molar-refractivity contribution in [2.75, 3.05) is 14.2 Å². The fourth-order valence-corrected chi connectivity index (χ4v) is 7.17. The average molecular weight is 778 g/mol. The molecule has 4 aromatic heterocycles. The molecule has 0 atom stereocenters. The van der Waals surface area contributed by atoms with Crippen molar-refractivity contribution < 1.29 is 45.0 Å². The number of hydrogen-bond acceptors (Lipinski definition) is 2. The van der Waals surface area contributed by atoms with E-state index in [9.17, 15) is 0 Å². The number of halogens is 2. The molecule has 4 heterocycles. The van der Waals surface area contributed by atoms with E-state index in [1.54, 1.807) is 0 Å². The minimum absolute atomic E-state index is 0. The van der Waals surface area contributed by atoms with E-state index in [4.69, 9.17) is 10.2 Å². The second-order valence-corrected chi connectivity index (χ2v) is 12.4. The average Bonchev–Trinajstić information content (AvgIpc) is 3.79. The lowest BCUT2D eigenvalue weighted by Gasteiger charge is -2.09. The second kappa shape index (κ2) is 19.4. The van der Waals surface area contributed by atoms with Crippen LogP contribution in [0.3, 0.4) is 0 Å². The summed E-state index contributed by atoms with van der Waals surface area (Å²) in [6.45, 7) is 0. The fourth-order valence-electron chi connectivity index (χ4n) is 7.17. The summed E-state index contributed by atoms with van der Waals surface area (Å²) >= 11 is 0. The molecule has 280 valence electrons. The van der Waals surface area contributed by atoms with E-state index < -0.39 is 0 Å². The highest BCUT2D eigenvalue weighted by Crippen LogP contribution is 2.34. The summed E-state index contributed by atoms with van der Waals surface area (Å²) in [5.41, 5.74) is 12.2. The van der Waals surface area contributed by atoms with Crippen LogP contribution in [0, 0.1) is 0 Å².